The number of rotatable bonds is 6. The zero-order valence-electron chi connectivity index (χ0n) is 16.3. The van der Waals surface area contributed by atoms with Crippen LogP contribution in [0.1, 0.15) is 11.3 Å². The van der Waals surface area contributed by atoms with E-state index in [0.29, 0.717) is 22.9 Å². The fourth-order valence-electron chi connectivity index (χ4n) is 3.01. The molecule has 1 N–H and O–H groups in total. The van der Waals surface area contributed by atoms with Crippen LogP contribution in [0.5, 0.6) is 17.2 Å². The van der Waals surface area contributed by atoms with Crippen molar-refractivity contribution in [2.75, 3.05) is 13.2 Å². The summed E-state index contributed by atoms with van der Waals surface area (Å²) >= 11 is 0. The van der Waals surface area contributed by atoms with Crippen LogP contribution in [-0.2, 0) is 0 Å². The second-order valence-corrected chi connectivity index (χ2v) is 6.61. The number of aryl methyl sites for hydroxylation is 2. The molecule has 0 aliphatic carbocycles. The van der Waals surface area contributed by atoms with Gasteiger partial charge in [-0.2, -0.15) is 0 Å². The third kappa shape index (κ3) is 4.02. The Hall–Kier alpha value is -3.51. The van der Waals surface area contributed by atoms with E-state index in [9.17, 15) is 0 Å². The first kappa shape index (κ1) is 18.8. The minimum absolute atomic E-state index is 0.0370. The molecule has 6 nitrogen and oxygen atoms in total. The summed E-state index contributed by atoms with van der Waals surface area (Å²) < 4.78 is 11.8. The third-order valence-corrected chi connectivity index (χ3v) is 4.59. The van der Waals surface area contributed by atoms with Crippen LogP contribution in [0.25, 0.3) is 22.3 Å². The Labute approximate surface area is 168 Å². The van der Waals surface area contributed by atoms with Gasteiger partial charge in [-0.25, -0.2) is 4.98 Å². The summed E-state index contributed by atoms with van der Waals surface area (Å²) in [7, 11) is 0. The molecule has 0 unspecified atom stereocenters. The van der Waals surface area contributed by atoms with E-state index >= 15 is 0 Å². The van der Waals surface area contributed by atoms with Gasteiger partial charge >= 0.3 is 0 Å². The average molecular weight is 387 g/mol. The normalized spacial score (nSPS) is 10.9. The van der Waals surface area contributed by atoms with Crippen molar-refractivity contribution in [1.82, 2.24) is 15.0 Å². The fraction of sp³-hybridized carbons (Fsp3) is 0.174. The molecule has 0 fully saturated rings. The number of fused-ring (bicyclic) bond motifs is 1. The molecule has 4 aromatic rings. The molecule has 0 bridgehead atoms. The SMILES string of the molecule is Cc1cc(Oc2ccnc3cc(OCCO)ccc23)c(-c2ccccn2)nc1C. The molecule has 0 radical (unpaired) electrons. The maximum atomic E-state index is 8.94. The summed E-state index contributed by atoms with van der Waals surface area (Å²) in [6.45, 7) is 4.18. The van der Waals surface area contributed by atoms with Gasteiger partial charge in [-0.1, -0.05) is 6.07 Å². The summed E-state index contributed by atoms with van der Waals surface area (Å²) in [5.74, 6) is 1.96. The lowest BCUT2D eigenvalue weighted by Gasteiger charge is -2.14. The number of aromatic nitrogens is 3. The zero-order chi connectivity index (χ0) is 20.2. The van der Waals surface area contributed by atoms with Gasteiger partial charge in [-0.05, 0) is 55.8 Å². The zero-order valence-corrected chi connectivity index (χ0v) is 16.3. The smallest absolute Gasteiger partial charge is 0.155 e. The molecule has 29 heavy (non-hydrogen) atoms. The minimum atomic E-state index is -0.0370. The van der Waals surface area contributed by atoms with Crippen molar-refractivity contribution in [3.05, 3.63) is 72.2 Å². The molecule has 3 aromatic heterocycles. The molecule has 0 aliphatic rings. The van der Waals surface area contributed by atoms with E-state index < -0.39 is 0 Å². The van der Waals surface area contributed by atoms with Crippen molar-refractivity contribution in [2.24, 2.45) is 0 Å². The van der Waals surface area contributed by atoms with Crippen molar-refractivity contribution in [2.45, 2.75) is 13.8 Å². The van der Waals surface area contributed by atoms with Gasteiger partial charge in [0, 0.05) is 29.5 Å². The van der Waals surface area contributed by atoms with E-state index in [1.807, 2.05) is 62.4 Å². The number of ether oxygens (including phenoxy) is 2. The van der Waals surface area contributed by atoms with Crippen LogP contribution in [0.15, 0.2) is 60.9 Å². The molecule has 4 rings (SSSR count). The molecule has 0 spiro atoms. The highest BCUT2D eigenvalue weighted by atomic mass is 16.5. The molecule has 3 heterocycles. The number of pyridine rings is 3. The number of benzene rings is 1. The van der Waals surface area contributed by atoms with Gasteiger partial charge in [0.15, 0.2) is 5.75 Å². The quantitative estimate of drug-likeness (QED) is 0.526. The van der Waals surface area contributed by atoms with Gasteiger partial charge < -0.3 is 14.6 Å². The summed E-state index contributed by atoms with van der Waals surface area (Å²) in [5.41, 5.74) is 4.17. The summed E-state index contributed by atoms with van der Waals surface area (Å²) in [6.07, 6.45) is 3.44. The Balaban J connectivity index is 1.76. The molecule has 0 saturated carbocycles. The van der Waals surface area contributed by atoms with Crippen molar-refractivity contribution in [3.8, 4) is 28.6 Å². The standard InChI is InChI=1S/C23H21N3O3/c1-15-13-22(23(26-16(15)2)19-5-3-4-9-24-19)29-21-8-10-25-20-14-17(28-12-11-27)6-7-18(20)21/h3-10,13-14,27H,11-12H2,1-2H3. The Kier molecular flexibility index (Phi) is 5.35. The van der Waals surface area contributed by atoms with Crippen LogP contribution in [0.4, 0.5) is 0 Å². The van der Waals surface area contributed by atoms with Crippen LogP contribution < -0.4 is 9.47 Å². The highest BCUT2D eigenvalue weighted by Gasteiger charge is 2.14. The highest BCUT2D eigenvalue weighted by Crippen LogP contribution is 2.36. The van der Waals surface area contributed by atoms with Gasteiger partial charge in [-0.3, -0.25) is 9.97 Å². The van der Waals surface area contributed by atoms with Gasteiger partial charge in [0.1, 0.15) is 23.8 Å². The van der Waals surface area contributed by atoms with Gasteiger partial charge in [-0.15, -0.1) is 0 Å². The Bertz CT molecular complexity index is 1150. The predicted molar refractivity (Wildman–Crippen MR) is 111 cm³/mol. The van der Waals surface area contributed by atoms with Crippen LogP contribution in [0.3, 0.4) is 0 Å². The first-order chi connectivity index (χ1) is 14.2. The van der Waals surface area contributed by atoms with Crippen LogP contribution in [-0.4, -0.2) is 33.3 Å². The Morgan fingerprint density at radius 2 is 1.83 bits per heavy atom. The lowest BCUT2D eigenvalue weighted by Crippen LogP contribution is -2.01. The minimum Gasteiger partial charge on any atom is -0.491 e. The Morgan fingerprint density at radius 1 is 0.931 bits per heavy atom. The highest BCUT2D eigenvalue weighted by molar-refractivity contribution is 5.86. The fourth-order valence-corrected chi connectivity index (χ4v) is 3.01. The maximum Gasteiger partial charge on any atom is 0.155 e. The summed E-state index contributed by atoms with van der Waals surface area (Å²) in [4.78, 5) is 13.6. The van der Waals surface area contributed by atoms with Gasteiger partial charge in [0.2, 0.25) is 0 Å². The second-order valence-electron chi connectivity index (χ2n) is 6.61. The van der Waals surface area contributed by atoms with E-state index in [1.54, 1.807) is 12.4 Å². The van der Waals surface area contributed by atoms with E-state index in [2.05, 4.69) is 9.97 Å². The second kappa shape index (κ2) is 8.24. The molecule has 6 heteroatoms. The summed E-state index contributed by atoms with van der Waals surface area (Å²) in [5, 5.41) is 9.79. The topological polar surface area (TPSA) is 77.4 Å². The molecular formula is C23H21N3O3. The van der Waals surface area contributed by atoms with E-state index in [-0.39, 0.29) is 13.2 Å². The van der Waals surface area contributed by atoms with E-state index in [1.165, 1.54) is 0 Å². The molecule has 0 amide bonds. The van der Waals surface area contributed by atoms with Crippen molar-refractivity contribution in [3.63, 3.8) is 0 Å². The predicted octanol–water partition coefficient (Wildman–Crippen LogP) is 4.47. The van der Waals surface area contributed by atoms with Gasteiger partial charge in [0.25, 0.3) is 0 Å². The summed E-state index contributed by atoms with van der Waals surface area (Å²) in [6, 6.07) is 15.1. The van der Waals surface area contributed by atoms with Crippen molar-refractivity contribution >= 4 is 10.9 Å². The first-order valence-electron chi connectivity index (χ1n) is 9.35. The first-order valence-corrected chi connectivity index (χ1v) is 9.35. The van der Waals surface area contributed by atoms with Crippen molar-refractivity contribution in [1.29, 1.82) is 0 Å². The molecule has 0 aliphatic heterocycles. The Morgan fingerprint density at radius 3 is 2.62 bits per heavy atom. The van der Waals surface area contributed by atoms with Crippen LogP contribution in [0.2, 0.25) is 0 Å². The van der Waals surface area contributed by atoms with Gasteiger partial charge in [0.05, 0.1) is 17.8 Å². The van der Waals surface area contributed by atoms with Crippen LogP contribution >= 0.6 is 0 Å². The number of hydrogen-bond donors (Lipinski definition) is 1. The van der Waals surface area contributed by atoms with Crippen molar-refractivity contribution < 1.29 is 14.6 Å². The largest absolute Gasteiger partial charge is 0.491 e. The molecular weight excluding hydrogens is 366 g/mol. The maximum absolute atomic E-state index is 8.94. The number of aliphatic hydroxyl groups is 1. The lowest BCUT2D eigenvalue weighted by molar-refractivity contribution is 0.201. The average Bonchev–Trinajstić information content (AvgIpc) is 2.75. The van der Waals surface area contributed by atoms with Crippen LogP contribution in [0, 0.1) is 13.8 Å². The number of aliphatic hydroxyl groups excluding tert-OH is 1. The molecule has 0 atom stereocenters. The third-order valence-electron chi connectivity index (χ3n) is 4.59. The number of nitrogens with zero attached hydrogens (tertiary/aromatic N) is 3. The van der Waals surface area contributed by atoms with E-state index in [0.717, 1.165) is 27.9 Å². The lowest BCUT2D eigenvalue weighted by atomic mass is 10.1. The number of hydrogen-bond acceptors (Lipinski definition) is 6. The monoisotopic (exact) mass is 387 g/mol. The molecule has 146 valence electrons. The molecule has 1 aromatic carbocycles. The van der Waals surface area contributed by atoms with E-state index in [4.69, 9.17) is 19.6 Å². The molecule has 0 saturated heterocycles.